The fourth-order valence-corrected chi connectivity index (χ4v) is 2.88. The third-order valence-electron chi connectivity index (χ3n) is 4.20. The molecule has 3 aromatic rings. The molecule has 0 fully saturated rings. The highest BCUT2D eigenvalue weighted by molar-refractivity contribution is 5.99. The molecule has 0 saturated carbocycles. The molecule has 29 heavy (non-hydrogen) atoms. The van der Waals surface area contributed by atoms with Gasteiger partial charge in [-0.1, -0.05) is 30.0 Å². The summed E-state index contributed by atoms with van der Waals surface area (Å²) in [5, 5.41) is 12.3. The molecule has 0 saturated heterocycles. The Morgan fingerprint density at radius 3 is 2.48 bits per heavy atom. The summed E-state index contributed by atoms with van der Waals surface area (Å²) in [4.78, 5) is 25.9. The van der Waals surface area contributed by atoms with Gasteiger partial charge in [0.15, 0.2) is 5.76 Å². The Kier molecular flexibility index (Phi) is 6.29. The first-order valence-electron chi connectivity index (χ1n) is 8.96. The average molecular weight is 391 g/mol. The van der Waals surface area contributed by atoms with Gasteiger partial charge in [-0.3, -0.25) is 14.8 Å². The SMILES string of the molecule is CN(C)Cc1c(C(=O)NCC#Cc2ccc(C(=O)NO)cc2)oc2ccccc12. The number of carbonyl (C=O) groups is 2. The molecule has 0 aliphatic carbocycles. The molecule has 0 spiro atoms. The molecule has 3 rings (SSSR count). The summed E-state index contributed by atoms with van der Waals surface area (Å²) in [6.07, 6.45) is 0. The van der Waals surface area contributed by atoms with E-state index in [2.05, 4.69) is 17.2 Å². The van der Waals surface area contributed by atoms with Crippen LogP contribution in [0.15, 0.2) is 52.9 Å². The standard InChI is InChI=1S/C22H21N3O4/c1-25(2)14-18-17-7-3-4-8-19(17)29-20(18)22(27)23-13-5-6-15-9-11-16(12-10-15)21(26)24-28/h3-4,7-12,28H,13-14H2,1-2H3,(H,23,27)(H,24,26). The van der Waals surface area contributed by atoms with Crippen molar-refractivity contribution in [1.29, 1.82) is 0 Å². The van der Waals surface area contributed by atoms with Crippen LogP contribution in [0, 0.1) is 11.8 Å². The summed E-state index contributed by atoms with van der Waals surface area (Å²) in [5.41, 5.74) is 4.10. The van der Waals surface area contributed by atoms with Crippen LogP contribution in [0.2, 0.25) is 0 Å². The molecule has 7 heteroatoms. The molecule has 148 valence electrons. The van der Waals surface area contributed by atoms with Crippen LogP contribution in [0.5, 0.6) is 0 Å². The quantitative estimate of drug-likeness (QED) is 0.353. The minimum Gasteiger partial charge on any atom is -0.451 e. The molecular weight excluding hydrogens is 370 g/mol. The van der Waals surface area contributed by atoms with Gasteiger partial charge < -0.3 is 14.6 Å². The van der Waals surface area contributed by atoms with Crippen LogP contribution in [0.25, 0.3) is 11.0 Å². The van der Waals surface area contributed by atoms with Crippen molar-refractivity contribution in [3.8, 4) is 11.8 Å². The second-order valence-corrected chi connectivity index (χ2v) is 6.65. The lowest BCUT2D eigenvalue weighted by Crippen LogP contribution is -2.25. The number of hydrogen-bond donors (Lipinski definition) is 3. The van der Waals surface area contributed by atoms with Gasteiger partial charge in [0.1, 0.15) is 5.58 Å². The lowest BCUT2D eigenvalue weighted by atomic mass is 10.1. The van der Waals surface area contributed by atoms with Gasteiger partial charge in [-0.05, 0) is 44.4 Å². The van der Waals surface area contributed by atoms with E-state index in [-0.39, 0.29) is 12.5 Å². The zero-order valence-corrected chi connectivity index (χ0v) is 16.2. The molecular formula is C22H21N3O4. The molecule has 0 aliphatic rings. The van der Waals surface area contributed by atoms with E-state index in [9.17, 15) is 9.59 Å². The minimum atomic E-state index is -0.587. The van der Waals surface area contributed by atoms with E-state index < -0.39 is 5.91 Å². The highest BCUT2D eigenvalue weighted by atomic mass is 16.5. The van der Waals surface area contributed by atoms with E-state index in [0.29, 0.717) is 29.0 Å². The molecule has 2 aromatic carbocycles. The van der Waals surface area contributed by atoms with Crippen LogP contribution >= 0.6 is 0 Å². The maximum atomic E-state index is 12.6. The summed E-state index contributed by atoms with van der Waals surface area (Å²) in [7, 11) is 3.87. The largest absolute Gasteiger partial charge is 0.451 e. The predicted molar refractivity (Wildman–Crippen MR) is 109 cm³/mol. The first kappa shape index (κ1) is 20.1. The Morgan fingerprint density at radius 2 is 1.79 bits per heavy atom. The second-order valence-electron chi connectivity index (χ2n) is 6.65. The van der Waals surface area contributed by atoms with E-state index >= 15 is 0 Å². The number of benzene rings is 2. The Hall–Kier alpha value is -3.60. The monoisotopic (exact) mass is 391 g/mol. The number of furan rings is 1. The number of nitrogens with zero attached hydrogens (tertiary/aromatic N) is 1. The van der Waals surface area contributed by atoms with Crippen molar-refractivity contribution in [2.24, 2.45) is 0 Å². The lowest BCUT2D eigenvalue weighted by molar-refractivity contribution is 0.0706. The number of hydroxylamine groups is 1. The summed E-state index contributed by atoms with van der Waals surface area (Å²) >= 11 is 0. The van der Waals surface area contributed by atoms with Gasteiger partial charge in [0.2, 0.25) is 0 Å². The topological polar surface area (TPSA) is 94.8 Å². The number of nitrogens with one attached hydrogen (secondary N) is 2. The van der Waals surface area contributed by atoms with E-state index in [1.807, 2.05) is 43.3 Å². The molecule has 3 N–H and O–H groups in total. The average Bonchev–Trinajstić information content (AvgIpc) is 3.09. The Bertz CT molecular complexity index is 1090. The van der Waals surface area contributed by atoms with Crippen LogP contribution in [-0.4, -0.2) is 42.6 Å². The zero-order chi connectivity index (χ0) is 20.8. The number of para-hydroxylation sites is 1. The Morgan fingerprint density at radius 1 is 1.07 bits per heavy atom. The zero-order valence-electron chi connectivity index (χ0n) is 16.2. The van der Waals surface area contributed by atoms with Crippen molar-refractivity contribution < 1.29 is 19.2 Å². The van der Waals surface area contributed by atoms with Gasteiger partial charge in [-0.25, -0.2) is 5.48 Å². The fourth-order valence-electron chi connectivity index (χ4n) is 2.88. The number of fused-ring (bicyclic) bond motifs is 1. The number of amides is 2. The van der Waals surface area contributed by atoms with Crippen molar-refractivity contribution in [2.75, 3.05) is 20.6 Å². The molecule has 0 unspecified atom stereocenters. The van der Waals surface area contributed by atoms with Gasteiger partial charge in [0, 0.05) is 28.6 Å². The first-order chi connectivity index (χ1) is 14.0. The maximum absolute atomic E-state index is 12.6. The van der Waals surface area contributed by atoms with Crippen molar-refractivity contribution >= 4 is 22.8 Å². The first-order valence-corrected chi connectivity index (χ1v) is 8.96. The van der Waals surface area contributed by atoms with Crippen molar-refractivity contribution in [3.63, 3.8) is 0 Å². The van der Waals surface area contributed by atoms with Gasteiger partial charge >= 0.3 is 0 Å². The van der Waals surface area contributed by atoms with Crippen molar-refractivity contribution in [1.82, 2.24) is 15.7 Å². The molecule has 0 bridgehead atoms. The molecule has 0 atom stereocenters. The lowest BCUT2D eigenvalue weighted by Gasteiger charge is -2.09. The van der Waals surface area contributed by atoms with E-state index in [0.717, 1.165) is 10.9 Å². The van der Waals surface area contributed by atoms with Gasteiger partial charge in [-0.2, -0.15) is 0 Å². The van der Waals surface area contributed by atoms with Crippen LogP contribution in [0.1, 0.15) is 32.0 Å². The van der Waals surface area contributed by atoms with E-state index in [4.69, 9.17) is 9.62 Å². The van der Waals surface area contributed by atoms with Crippen LogP contribution < -0.4 is 10.8 Å². The summed E-state index contributed by atoms with van der Waals surface area (Å²) in [6, 6.07) is 14.0. The summed E-state index contributed by atoms with van der Waals surface area (Å²) < 4.78 is 5.78. The van der Waals surface area contributed by atoms with Crippen LogP contribution in [0.3, 0.4) is 0 Å². The van der Waals surface area contributed by atoms with Crippen molar-refractivity contribution in [2.45, 2.75) is 6.54 Å². The van der Waals surface area contributed by atoms with Gasteiger partial charge in [-0.15, -0.1) is 0 Å². The second kappa shape index (κ2) is 9.06. The van der Waals surface area contributed by atoms with Crippen LogP contribution in [-0.2, 0) is 6.54 Å². The normalized spacial score (nSPS) is 10.5. The minimum absolute atomic E-state index is 0.149. The number of carbonyl (C=O) groups excluding carboxylic acids is 2. The van der Waals surface area contributed by atoms with Gasteiger partial charge in [0.25, 0.3) is 11.8 Å². The maximum Gasteiger partial charge on any atom is 0.288 e. The summed E-state index contributed by atoms with van der Waals surface area (Å²) in [5.74, 6) is 5.17. The molecule has 1 aromatic heterocycles. The molecule has 7 nitrogen and oxygen atoms in total. The van der Waals surface area contributed by atoms with E-state index in [1.54, 1.807) is 29.7 Å². The Balaban J connectivity index is 1.69. The highest BCUT2D eigenvalue weighted by Crippen LogP contribution is 2.26. The predicted octanol–water partition coefficient (Wildman–Crippen LogP) is 2.39. The van der Waals surface area contributed by atoms with Crippen molar-refractivity contribution in [3.05, 3.63) is 71.0 Å². The van der Waals surface area contributed by atoms with E-state index in [1.165, 1.54) is 0 Å². The number of hydrogen-bond acceptors (Lipinski definition) is 5. The summed E-state index contributed by atoms with van der Waals surface area (Å²) in [6.45, 7) is 0.732. The smallest absolute Gasteiger partial charge is 0.288 e. The number of rotatable bonds is 5. The molecule has 0 radical (unpaired) electrons. The highest BCUT2D eigenvalue weighted by Gasteiger charge is 2.20. The third-order valence-corrected chi connectivity index (χ3v) is 4.20. The fraction of sp³-hybridized carbons (Fsp3) is 0.182. The molecule has 2 amide bonds. The Labute approximate surface area is 168 Å². The van der Waals surface area contributed by atoms with Gasteiger partial charge in [0.05, 0.1) is 6.54 Å². The van der Waals surface area contributed by atoms with Crippen LogP contribution in [0.4, 0.5) is 0 Å². The molecule has 0 aliphatic heterocycles. The molecule has 1 heterocycles. The third kappa shape index (κ3) is 4.82.